The minimum absolute atomic E-state index is 0.289. The molecule has 6 nitrogen and oxygen atoms in total. The monoisotopic (exact) mass is 441 g/mol. The Labute approximate surface area is 188 Å². The maximum Gasteiger partial charge on any atom is 0.325 e. The minimum atomic E-state index is -1.20. The summed E-state index contributed by atoms with van der Waals surface area (Å²) in [4.78, 5) is 42.1. The van der Waals surface area contributed by atoms with Gasteiger partial charge in [0.1, 0.15) is 12.1 Å². The lowest BCUT2D eigenvalue weighted by molar-refractivity contribution is -0.142. The SMILES string of the molecule is CCC1(c2ccc(Cl)cc2)NC(=O)N(CC(=O)N(Cc2ccccc2)C(C)(C)C)C1=O. The topological polar surface area (TPSA) is 69.7 Å². The van der Waals surface area contributed by atoms with Gasteiger partial charge in [0.25, 0.3) is 5.91 Å². The first kappa shape index (κ1) is 22.8. The van der Waals surface area contributed by atoms with Crippen molar-refractivity contribution in [2.24, 2.45) is 0 Å². The fourth-order valence-electron chi connectivity index (χ4n) is 3.83. The van der Waals surface area contributed by atoms with Crippen molar-refractivity contribution in [3.8, 4) is 0 Å². The highest BCUT2D eigenvalue weighted by Crippen LogP contribution is 2.33. The lowest BCUT2D eigenvalue weighted by atomic mass is 9.87. The molecule has 4 amide bonds. The number of nitrogens with zero attached hydrogens (tertiary/aromatic N) is 2. The smallest absolute Gasteiger partial charge is 0.325 e. The standard InChI is InChI=1S/C24H28ClN3O3/c1-5-24(18-11-13-19(25)14-12-18)21(30)27(22(31)26-24)16-20(29)28(23(2,3)4)15-17-9-7-6-8-10-17/h6-14H,5,15-16H2,1-4H3,(H,26,31). The molecule has 3 rings (SSSR count). The number of rotatable bonds is 6. The van der Waals surface area contributed by atoms with Gasteiger partial charge in [-0.05, 0) is 50.5 Å². The first-order valence-electron chi connectivity index (χ1n) is 10.3. The van der Waals surface area contributed by atoms with Crippen molar-refractivity contribution in [3.63, 3.8) is 0 Å². The van der Waals surface area contributed by atoms with Crippen LogP contribution in [0, 0.1) is 0 Å². The number of amides is 4. The summed E-state index contributed by atoms with van der Waals surface area (Å²) in [6.07, 6.45) is 0.358. The van der Waals surface area contributed by atoms with Crippen molar-refractivity contribution >= 4 is 29.4 Å². The number of halogens is 1. The molecule has 2 aromatic carbocycles. The summed E-state index contributed by atoms with van der Waals surface area (Å²) >= 11 is 5.98. The van der Waals surface area contributed by atoms with Gasteiger partial charge in [0.2, 0.25) is 5.91 Å². The molecule has 1 N–H and O–H groups in total. The number of hydrogen-bond donors (Lipinski definition) is 1. The Bertz CT molecular complexity index is 970. The molecule has 0 aromatic heterocycles. The lowest BCUT2D eigenvalue weighted by Crippen LogP contribution is -2.50. The van der Waals surface area contributed by atoms with Crippen LogP contribution in [0.4, 0.5) is 4.79 Å². The maximum atomic E-state index is 13.4. The van der Waals surface area contributed by atoms with E-state index in [1.807, 2.05) is 58.0 Å². The Morgan fingerprint density at radius 3 is 2.23 bits per heavy atom. The zero-order valence-corrected chi connectivity index (χ0v) is 19.1. The predicted octanol–water partition coefficient (Wildman–Crippen LogP) is 4.32. The van der Waals surface area contributed by atoms with Gasteiger partial charge in [0.15, 0.2) is 0 Å². The molecule has 1 aliphatic heterocycles. The molecule has 1 atom stereocenters. The summed E-state index contributed by atoms with van der Waals surface area (Å²) in [6, 6.07) is 15.9. The number of carbonyl (C=O) groups excluding carboxylic acids is 3. The van der Waals surface area contributed by atoms with E-state index < -0.39 is 23.0 Å². The first-order valence-corrected chi connectivity index (χ1v) is 10.7. The van der Waals surface area contributed by atoms with Crippen molar-refractivity contribution in [1.82, 2.24) is 15.1 Å². The zero-order chi connectivity index (χ0) is 22.8. The normalized spacial score (nSPS) is 18.8. The zero-order valence-electron chi connectivity index (χ0n) is 18.3. The van der Waals surface area contributed by atoms with Gasteiger partial charge >= 0.3 is 6.03 Å². The number of imide groups is 1. The Balaban J connectivity index is 1.85. The van der Waals surface area contributed by atoms with Gasteiger partial charge in [-0.3, -0.25) is 14.5 Å². The predicted molar refractivity (Wildman–Crippen MR) is 120 cm³/mol. The molecule has 0 bridgehead atoms. The summed E-state index contributed by atoms with van der Waals surface area (Å²) in [5.74, 6) is -0.716. The van der Waals surface area contributed by atoms with E-state index in [-0.39, 0.29) is 12.5 Å². The molecule has 0 radical (unpaired) electrons. The van der Waals surface area contributed by atoms with Crippen LogP contribution in [0.15, 0.2) is 54.6 Å². The van der Waals surface area contributed by atoms with Crippen molar-refractivity contribution in [2.75, 3.05) is 6.54 Å². The highest BCUT2D eigenvalue weighted by molar-refractivity contribution is 6.30. The molecule has 1 fully saturated rings. The van der Waals surface area contributed by atoms with Gasteiger partial charge in [-0.15, -0.1) is 0 Å². The van der Waals surface area contributed by atoms with Crippen LogP contribution < -0.4 is 5.32 Å². The quantitative estimate of drug-likeness (QED) is 0.678. The third-order valence-electron chi connectivity index (χ3n) is 5.63. The van der Waals surface area contributed by atoms with Crippen LogP contribution in [0.5, 0.6) is 0 Å². The lowest BCUT2D eigenvalue weighted by Gasteiger charge is -2.36. The van der Waals surface area contributed by atoms with Crippen LogP contribution in [0.1, 0.15) is 45.2 Å². The number of nitrogens with one attached hydrogen (secondary N) is 1. The number of benzene rings is 2. The second-order valence-corrected chi connectivity index (χ2v) is 9.16. The molecule has 0 saturated carbocycles. The summed E-state index contributed by atoms with van der Waals surface area (Å²) in [6.45, 7) is 7.71. The van der Waals surface area contributed by atoms with Crippen LogP contribution in [0.25, 0.3) is 0 Å². The van der Waals surface area contributed by atoms with Crippen LogP contribution in [0.2, 0.25) is 5.02 Å². The van der Waals surface area contributed by atoms with E-state index in [9.17, 15) is 14.4 Å². The molecule has 1 saturated heterocycles. The second kappa shape index (κ2) is 8.71. The number of urea groups is 1. The maximum absolute atomic E-state index is 13.4. The van der Waals surface area contributed by atoms with E-state index in [0.29, 0.717) is 23.6 Å². The Morgan fingerprint density at radius 1 is 1.06 bits per heavy atom. The van der Waals surface area contributed by atoms with E-state index in [4.69, 9.17) is 11.6 Å². The molecule has 1 aliphatic rings. The van der Waals surface area contributed by atoms with Crippen molar-refractivity contribution in [1.29, 1.82) is 0 Å². The van der Waals surface area contributed by atoms with Crippen LogP contribution in [0.3, 0.4) is 0 Å². The molecule has 1 heterocycles. The average molecular weight is 442 g/mol. The van der Waals surface area contributed by atoms with Gasteiger partial charge in [0.05, 0.1) is 0 Å². The molecule has 7 heteroatoms. The fraction of sp³-hybridized carbons (Fsp3) is 0.375. The van der Waals surface area contributed by atoms with Crippen molar-refractivity contribution in [2.45, 2.75) is 51.7 Å². The van der Waals surface area contributed by atoms with E-state index in [2.05, 4.69) is 5.32 Å². The van der Waals surface area contributed by atoms with E-state index in [1.165, 1.54) is 0 Å². The molecule has 31 heavy (non-hydrogen) atoms. The Kier molecular flexibility index (Phi) is 6.41. The van der Waals surface area contributed by atoms with E-state index in [0.717, 1.165) is 10.5 Å². The van der Waals surface area contributed by atoms with E-state index in [1.54, 1.807) is 29.2 Å². The highest BCUT2D eigenvalue weighted by atomic mass is 35.5. The van der Waals surface area contributed by atoms with Gasteiger partial charge in [-0.2, -0.15) is 0 Å². The third-order valence-corrected chi connectivity index (χ3v) is 5.88. The largest absolute Gasteiger partial charge is 0.332 e. The van der Waals surface area contributed by atoms with Gasteiger partial charge in [-0.25, -0.2) is 4.79 Å². The molecule has 0 spiro atoms. The average Bonchev–Trinajstić information content (AvgIpc) is 2.97. The van der Waals surface area contributed by atoms with Crippen molar-refractivity contribution in [3.05, 3.63) is 70.7 Å². The fourth-order valence-corrected chi connectivity index (χ4v) is 3.96. The van der Waals surface area contributed by atoms with Gasteiger partial charge < -0.3 is 10.2 Å². The number of hydrogen-bond acceptors (Lipinski definition) is 3. The van der Waals surface area contributed by atoms with Crippen molar-refractivity contribution < 1.29 is 14.4 Å². The van der Waals surface area contributed by atoms with Gasteiger partial charge in [-0.1, -0.05) is 61.0 Å². The molecular formula is C24H28ClN3O3. The Morgan fingerprint density at radius 2 is 1.68 bits per heavy atom. The van der Waals surface area contributed by atoms with Crippen LogP contribution in [-0.2, 0) is 21.7 Å². The highest BCUT2D eigenvalue weighted by Gasteiger charge is 2.52. The van der Waals surface area contributed by atoms with Gasteiger partial charge in [0, 0.05) is 17.1 Å². The summed E-state index contributed by atoms with van der Waals surface area (Å²) in [5, 5.41) is 3.35. The summed E-state index contributed by atoms with van der Waals surface area (Å²) < 4.78 is 0. The minimum Gasteiger partial charge on any atom is -0.332 e. The second-order valence-electron chi connectivity index (χ2n) is 8.72. The first-order chi connectivity index (χ1) is 14.6. The molecular weight excluding hydrogens is 414 g/mol. The summed E-state index contributed by atoms with van der Waals surface area (Å²) in [5.41, 5.74) is -0.0604. The van der Waals surface area contributed by atoms with E-state index >= 15 is 0 Å². The Hall–Kier alpha value is -2.86. The molecule has 0 aliphatic carbocycles. The number of carbonyl (C=O) groups is 3. The molecule has 164 valence electrons. The molecule has 1 unspecified atom stereocenters. The third kappa shape index (κ3) is 4.59. The summed E-state index contributed by atoms with van der Waals surface area (Å²) in [7, 11) is 0. The van der Waals surface area contributed by atoms with Crippen LogP contribution in [-0.4, -0.2) is 39.7 Å². The molecule has 2 aromatic rings. The van der Waals surface area contributed by atoms with Crippen LogP contribution >= 0.6 is 11.6 Å².